The average molecular weight is 222 g/mol. The molecule has 1 aromatic rings. The molecular weight excluding hydrogens is 204 g/mol. The van der Waals surface area contributed by atoms with E-state index >= 15 is 0 Å². The molecule has 4 heteroatoms. The minimum Gasteiger partial charge on any atom is -0.399 e. The van der Waals surface area contributed by atoms with Crippen molar-refractivity contribution in [3.05, 3.63) is 29.8 Å². The van der Waals surface area contributed by atoms with Crippen LogP contribution in [0, 0.1) is 0 Å². The molecule has 0 saturated carbocycles. The molecule has 1 amide bonds. The van der Waals surface area contributed by atoms with E-state index in [1.165, 1.54) is 0 Å². The van der Waals surface area contributed by atoms with Crippen molar-refractivity contribution in [2.45, 2.75) is 13.3 Å². The fraction of sp³-hybridized carbons (Fsp3) is 0.417. The van der Waals surface area contributed by atoms with Crippen molar-refractivity contribution >= 4 is 11.6 Å². The second-order valence-electron chi connectivity index (χ2n) is 3.62. The van der Waals surface area contributed by atoms with Gasteiger partial charge in [-0.3, -0.25) is 4.79 Å². The maximum atomic E-state index is 11.8. The topological polar surface area (TPSA) is 66.6 Å². The van der Waals surface area contributed by atoms with Crippen LogP contribution in [-0.2, 0) is 11.2 Å². The summed E-state index contributed by atoms with van der Waals surface area (Å²) >= 11 is 0. The van der Waals surface area contributed by atoms with Crippen LogP contribution in [0.15, 0.2) is 24.3 Å². The lowest BCUT2D eigenvalue weighted by atomic mass is 10.1. The molecular formula is C12H18N2O2. The van der Waals surface area contributed by atoms with Gasteiger partial charge in [-0.1, -0.05) is 12.1 Å². The molecule has 0 radical (unpaired) electrons. The molecule has 0 heterocycles. The van der Waals surface area contributed by atoms with Gasteiger partial charge in [0.25, 0.3) is 0 Å². The van der Waals surface area contributed by atoms with E-state index in [0.29, 0.717) is 25.2 Å². The summed E-state index contributed by atoms with van der Waals surface area (Å²) in [5.74, 6) is 0.0290. The number of carbonyl (C=O) groups is 1. The van der Waals surface area contributed by atoms with Gasteiger partial charge in [0.1, 0.15) is 0 Å². The molecule has 0 unspecified atom stereocenters. The number of likely N-dealkylation sites (N-methyl/N-ethyl adjacent to an activating group) is 1. The molecule has 0 fully saturated rings. The number of aliphatic hydroxyl groups is 1. The van der Waals surface area contributed by atoms with E-state index in [2.05, 4.69) is 0 Å². The Morgan fingerprint density at radius 1 is 1.38 bits per heavy atom. The number of nitrogen functional groups attached to an aromatic ring is 1. The summed E-state index contributed by atoms with van der Waals surface area (Å²) in [7, 11) is 0. The first-order valence-corrected chi connectivity index (χ1v) is 5.40. The van der Waals surface area contributed by atoms with E-state index in [1.807, 2.05) is 19.1 Å². The number of benzene rings is 1. The Bertz CT molecular complexity index is 335. The SMILES string of the molecule is CCN(CCO)C(=O)Cc1ccc(N)cc1. The molecule has 1 aromatic carbocycles. The van der Waals surface area contributed by atoms with Gasteiger partial charge in [0.15, 0.2) is 0 Å². The molecule has 0 atom stereocenters. The lowest BCUT2D eigenvalue weighted by Crippen LogP contribution is -2.34. The highest BCUT2D eigenvalue weighted by Gasteiger charge is 2.11. The highest BCUT2D eigenvalue weighted by molar-refractivity contribution is 5.78. The number of anilines is 1. The quantitative estimate of drug-likeness (QED) is 0.719. The molecule has 0 saturated heterocycles. The summed E-state index contributed by atoms with van der Waals surface area (Å²) in [5.41, 5.74) is 7.20. The number of nitrogens with zero attached hydrogens (tertiary/aromatic N) is 1. The molecule has 0 aliphatic heterocycles. The summed E-state index contributed by atoms with van der Waals surface area (Å²) < 4.78 is 0. The first-order valence-electron chi connectivity index (χ1n) is 5.40. The van der Waals surface area contributed by atoms with Crippen molar-refractivity contribution in [2.24, 2.45) is 0 Å². The molecule has 0 aromatic heterocycles. The van der Waals surface area contributed by atoms with Crippen LogP contribution in [0.1, 0.15) is 12.5 Å². The molecule has 88 valence electrons. The number of rotatable bonds is 5. The Labute approximate surface area is 95.7 Å². The van der Waals surface area contributed by atoms with E-state index in [9.17, 15) is 4.79 Å². The number of carbonyl (C=O) groups excluding carboxylic acids is 1. The zero-order valence-electron chi connectivity index (χ0n) is 9.52. The van der Waals surface area contributed by atoms with Gasteiger partial charge in [-0.2, -0.15) is 0 Å². The summed E-state index contributed by atoms with van der Waals surface area (Å²) in [5, 5.41) is 8.81. The predicted molar refractivity (Wildman–Crippen MR) is 63.9 cm³/mol. The second-order valence-corrected chi connectivity index (χ2v) is 3.62. The maximum absolute atomic E-state index is 11.8. The van der Waals surface area contributed by atoms with Crippen molar-refractivity contribution in [1.29, 1.82) is 0 Å². The highest BCUT2D eigenvalue weighted by Crippen LogP contribution is 2.07. The molecule has 0 spiro atoms. The van der Waals surface area contributed by atoms with Gasteiger partial charge >= 0.3 is 0 Å². The Balaban J connectivity index is 2.59. The van der Waals surface area contributed by atoms with E-state index in [4.69, 9.17) is 10.8 Å². The first kappa shape index (κ1) is 12.5. The fourth-order valence-electron chi connectivity index (χ4n) is 1.50. The van der Waals surface area contributed by atoms with Crippen LogP contribution in [0.3, 0.4) is 0 Å². The first-order chi connectivity index (χ1) is 7.67. The number of nitrogens with two attached hydrogens (primary N) is 1. The monoisotopic (exact) mass is 222 g/mol. The van der Waals surface area contributed by atoms with Gasteiger partial charge in [-0.25, -0.2) is 0 Å². The van der Waals surface area contributed by atoms with Crippen molar-refractivity contribution in [3.63, 3.8) is 0 Å². The minimum atomic E-state index is 0.00131. The van der Waals surface area contributed by atoms with Gasteiger partial charge in [0.2, 0.25) is 5.91 Å². The zero-order valence-corrected chi connectivity index (χ0v) is 9.52. The lowest BCUT2D eigenvalue weighted by Gasteiger charge is -2.19. The number of hydrogen-bond acceptors (Lipinski definition) is 3. The number of aliphatic hydroxyl groups excluding tert-OH is 1. The van der Waals surface area contributed by atoms with Crippen LogP contribution in [0.4, 0.5) is 5.69 Å². The third-order valence-corrected chi connectivity index (χ3v) is 2.44. The molecule has 3 N–H and O–H groups in total. The second kappa shape index (κ2) is 6.12. The van der Waals surface area contributed by atoms with Gasteiger partial charge in [0.05, 0.1) is 13.0 Å². The maximum Gasteiger partial charge on any atom is 0.227 e. The van der Waals surface area contributed by atoms with E-state index in [1.54, 1.807) is 17.0 Å². The molecule has 4 nitrogen and oxygen atoms in total. The third-order valence-electron chi connectivity index (χ3n) is 2.44. The van der Waals surface area contributed by atoms with Crippen LogP contribution in [0.25, 0.3) is 0 Å². The Kier molecular flexibility index (Phi) is 4.79. The van der Waals surface area contributed by atoms with Gasteiger partial charge < -0.3 is 15.7 Å². The highest BCUT2D eigenvalue weighted by atomic mass is 16.3. The standard InChI is InChI=1S/C12H18N2O2/c1-2-14(7-8-15)12(16)9-10-3-5-11(13)6-4-10/h3-6,15H,2,7-9,13H2,1H3. The molecule has 16 heavy (non-hydrogen) atoms. The summed E-state index contributed by atoms with van der Waals surface area (Å²) in [6.45, 7) is 2.91. The molecule has 0 aliphatic rings. The third kappa shape index (κ3) is 3.55. The largest absolute Gasteiger partial charge is 0.399 e. The predicted octanol–water partition coefficient (Wildman–Crippen LogP) is 0.652. The Hall–Kier alpha value is -1.55. The van der Waals surface area contributed by atoms with Crippen molar-refractivity contribution in [2.75, 3.05) is 25.4 Å². The van der Waals surface area contributed by atoms with E-state index < -0.39 is 0 Å². The summed E-state index contributed by atoms with van der Waals surface area (Å²) in [6.07, 6.45) is 0.355. The van der Waals surface area contributed by atoms with Gasteiger partial charge in [0, 0.05) is 18.8 Å². The zero-order chi connectivity index (χ0) is 12.0. The van der Waals surface area contributed by atoms with Crippen LogP contribution < -0.4 is 5.73 Å². The van der Waals surface area contributed by atoms with Crippen molar-refractivity contribution < 1.29 is 9.90 Å². The average Bonchev–Trinajstić information content (AvgIpc) is 2.29. The van der Waals surface area contributed by atoms with Crippen LogP contribution >= 0.6 is 0 Å². The Morgan fingerprint density at radius 2 is 2.00 bits per heavy atom. The molecule has 0 aliphatic carbocycles. The number of hydrogen-bond donors (Lipinski definition) is 2. The molecule has 1 rings (SSSR count). The van der Waals surface area contributed by atoms with Crippen LogP contribution in [0.5, 0.6) is 0 Å². The smallest absolute Gasteiger partial charge is 0.227 e. The van der Waals surface area contributed by atoms with Crippen molar-refractivity contribution in [1.82, 2.24) is 4.90 Å². The lowest BCUT2D eigenvalue weighted by molar-refractivity contribution is -0.130. The van der Waals surface area contributed by atoms with Gasteiger partial charge in [-0.15, -0.1) is 0 Å². The number of amides is 1. The van der Waals surface area contributed by atoms with Gasteiger partial charge in [-0.05, 0) is 24.6 Å². The van der Waals surface area contributed by atoms with Crippen LogP contribution in [0.2, 0.25) is 0 Å². The normalized spacial score (nSPS) is 10.1. The molecule has 0 bridgehead atoms. The van der Waals surface area contributed by atoms with Crippen molar-refractivity contribution in [3.8, 4) is 0 Å². The summed E-state index contributed by atoms with van der Waals surface area (Å²) in [4.78, 5) is 13.4. The minimum absolute atomic E-state index is 0.00131. The van der Waals surface area contributed by atoms with E-state index in [-0.39, 0.29) is 12.5 Å². The Morgan fingerprint density at radius 3 is 2.50 bits per heavy atom. The summed E-state index contributed by atoms with van der Waals surface area (Å²) in [6, 6.07) is 7.26. The fourth-order valence-corrected chi connectivity index (χ4v) is 1.50. The van der Waals surface area contributed by atoms with E-state index in [0.717, 1.165) is 5.56 Å². The van der Waals surface area contributed by atoms with Crippen LogP contribution in [-0.4, -0.2) is 35.6 Å².